The molecule has 1 aliphatic rings. The van der Waals surface area contributed by atoms with Crippen molar-refractivity contribution in [1.29, 1.82) is 0 Å². The van der Waals surface area contributed by atoms with Crippen LogP contribution in [0, 0.1) is 0 Å². The number of fused-ring (bicyclic) bond motifs is 1. The maximum absolute atomic E-state index is 12.3. The van der Waals surface area contributed by atoms with Crippen LogP contribution in [0.2, 0.25) is 0 Å². The Morgan fingerprint density at radius 3 is 2.90 bits per heavy atom. The van der Waals surface area contributed by atoms with Gasteiger partial charge in [0.15, 0.2) is 0 Å². The first-order valence-electron chi connectivity index (χ1n) is 7.39. The molecule has 114 valence electrons. The van der Waals surface area contributed by atoms with Crippen molar-refractivity contribution in [2.45, 2.75) is 31.1 Å². The van der Waals surface area contributed by atoms with Crippen LogP contribution in [-0.2, 0) is 9.59 Å². The summed E-state index contributed by atoms with van der Waals surface area (Å²) < 4.78 is 0. The number of anilines is 1. The van der Waals surface area contributed by atoms with E-state index in [-0.39, 0.29) is 18.4 Å². The van der Waals surface area contributed by atoms with E-state index in [4.69, 9.17) is 0 Å². The number of hydrogen-bond acceptors (Lipinski definition) is 3. The number of hydrogen-bond donors (Lipinski definition) is 0. The Kier molecular flexibility index (Phi) is 5.67. The predicted octanol–water partition coefficient (Wildman–Crippen LogP) is 2.77. The zero-order chi connectivity index (χ0) is 15.2. The summed E-state index contributed by atoms with van der Waals surface area (Å²) in [6.45, 7) is 2.98. The molecule has 0 bridgehead atoms. The minimum Gasteiger partial charge on any atom is -0.344 e. The van der Waals surface area contributed by atoms with Gasteiger partial charge in [-0.1, -0.05) is 25.5 Å². The molecule has 0 atom stereocenters. The van der Waals surface area contributed by atoms with E-state index in [9.17, 15) is 9.59 Å². The third-order valence-electron chi connectivity index (χ3n) is 3.60. The van der Waals surface area contributed by atoms with Gasteiger partial charge in [-0.05, 0) is 18.6 Å². The van der Waals surface area contributed by atoms with Crippen LogP contribution in [-0.4, -0.2) is 42.6 Å². The smallest absolute Gasteiger partial charge is 0.242 e. The Hall–Kier alpha value is -1.49. The second-order valence-corrected chi connectivity index (χ2v) is 6.35. The molecule has 0 N–H and O–H groups in total. The molecule has 2 amide bonds. The highest BCUT2D eigenvalue weighted by molar-refractivity contribution is 7.99. The molecule has 1 aliphatic heterocycles. The number of carbonyl (C=O) groups excluding carboxylic acids is 2. The van der Waals surface area contributed by atoms with Crippen LogP contribution in [0.15, 0.2) is 29.2 Å². The van der Waals surface area contributed by atoms with E-state index in [1.54, 1.807) is 28.6 Å². The first kappa shape index (κ1) is 15.9. The first-order valence-corrected chi connectivity index (χ1v) is 8.38. The fraction of sp³-hybridized carbons (Fsp3) is 0.500. The molecule has 2 rings (SSSR count). The monoisotopic (exact) mass is 306 g/mol. The molecule has 0 unspecified atom stereocenters. The predicted molar refractivity (Wildman–Crippen MR) is 86.7 cm³/mol. The lowest BCUT2D eigenvalue weighted by molar-refractivity contribution is -0.130. The van der Waals surface area contributed by atoms with Crippen LogP contribution in [0.4, 0.5) is 5.69 Å². The maximum Gasteiger partial charge on any atom is 0.242 e. The van der Waals surface area contributed by atoms with Gasteiger partial charge in [0.05, 0.1) is 5.69 Å². The van der Waals surface area contributed by atoms with Crippen LogP contribution in [0.3, 0.4) is 0 Å². The molecular weight excluding hydrogens is 284 g/mol. The van der Waals surface area contributed by atoms with Crippen molar-refractivity contribution in [3.63, 3.8) is 0 Å². The number of carbonyl (C=O) groups is 2. The quantitative estimate of drug-likeness (QED) is 0.840. The van der Waals surface area contributed by atoms with Gasteiger partial charge in [-0.25, -0.2) is 0 Å². The van der Waals surface area contributed by atoms with Gasteiger partial charge in [0.25, 0.3) is 0 Å². The van der Waals surface area contributed by atoms with Gasteiger partial charge in [-0.2, -0.15) is 0 Å². The molecule has 4 nitrogen and oxygen atoms in total. The van der Waals surface area contributed by atoms with Gasteiger partial charge in [-0.3, -0.25) is 9.59 Å². The minimum absolute atomic E-state index is 0.00139. The molecule has 0 saturated carbocycles. The molecule has 0 aliphatic carbocycles. The molecule has 5 heteroatoms. The topological polar surface area (TPSA) is 40.6 Å². The summed E-state index contributed by atoms with van der Waals surface area (Å²) in [6, 6.07) is 7.81. The molecule has 1 heterocycles. The second kappa shape index (κ2) is 7.50. The Labute approximate surface area is 130 Å². The fourth-order valence-corrected chi connectivity index (χ4v) is 3.27. The lowest BCUT2D eigenvalue weighted by Crippen LogP contribution is -2.41. The van der Waals surface area contributed by atoms with Crippen LogP contribution in [0.5, 0.6) is 0 Å². The minimum atomic E-state index is -0.00139. The summed E-state index contributed by atoms with van der Waals surface area (Å²) in [5.41, 5.74) is 0.863. The highest BCUT2D eigenvalue weighted by Gasteiger charge is 2.25. The molecule has 0 radical (unpaired) electrons. The van der Waals surface area contributed by atoms with Gasteiger partial charge < -0.3 is 9.80 Å². The zero-order valence-electron chi connectivity index (χ0n) is 12.7. The van der Waals surface area contributed by atoms with Crippen LogP contribution in [0.1, 0.15) is 26.2 Å². The Balaban J connectivity index is 2.13. The van der Waals surface area contributed by atoms with Crippen molar-refractivity contribution in [2.24, 2.45) is 0 Å². The van der Waals surface area contributed by atoms with Crippen LogP contribution >= 0.6 is 11.8 Å². The number of rotatable bonds is 5. The van der Waals surface area contributed by atoms with Crippen molar-refractivity contribution in [3.05, 3.63) is 24.3 Å². The molecule has 0 spiro atoms. The third kappa shape index (κ3) is 4.00. The number of likely N-dealkylation sites (N-methyl/N-ethyl adjacent to an activating group) is 1. The average Bonchev–Trinajstić information content (AvgIpc) is 2.64. The van der Waals surface area contributed by atoms with Gasteiger partial charge in [-0.15, -0.1) is 11.8 Å². The van der Waals surface area contributed by atoms with E-state index in [1.165, 1.54) is 0 Å². The van der Waals surface area contributed by atoms with Gasteiger partial charge >= 0.3 is 0 Å². The highest BCUT2D eigenvalue weighted by Crippen LogP contribution is 2.33. The van der Waals surface area contributed by atoms with E-state index in [0.717, 1.165) is 35.7 Å². The number of amides is 2. The Morgan fingerprint density at radius 2 is 2.14 bits per heavy atom. The Morgan fingerprint density at radius 1 is 1.38 bits per heavy atom. The van der Waals surface area contributed by atoms with Crippen molar-refractivity contribution in [3.8, 4) is 0 Å². The first-order chi connectivity index (χ1) is 10.1. The summed E-state index contributed by atoms with van der Waals surface area (Å²) in [5, 5.41) is 0. The van der Waals surface area contributed by atoms with E-state index >= 15 is 0 Å². The summed E-state index contributed by atoms with van der Waals surface area (Å²) >= 11 is 1.68. The normalized spacial score (nSPS) is 14.6. The summed E-state index contributed by atoms with van der Waals surface area (Å²) in [5.74, 6) is 0.801. The largest absolute Gasteiger partial charge is 0.344 e. The second-order valence-electron chi connectivity index (χ2n) is 5.21. The summed E-state index contributed by atoms with van der Waals surface area (Å²) in [7, 11) is 1.81. The van der Waals surface area contributed by atoms with Crippen LogP contribution in [0.25, 0.3) is 0 Å². The number of nitrogens with zero attached hydrogens (tertiary/aromatic N) is 2. The summed E-state index contributed by atoms with van der Waals surface area (Å²) in [6.07, 6.45) is 2.52. The average molecular weight is 306 g/mol. The van der Waals surface area contributed by atoms with E-state index in [0.29, 0.717) is 6.42 Å². The fourth-order valence-electron chi connectivity index (χ4n) is 2.27. The molecule has 1 aromatic rings. The number of unbranched alkanes of at least 4 members (excludes halogenated alkanes) is 1. The molecular formula is C16H22N2O2S. The maximum atomic E-state index is 12.3. The molecule has 0 saturated heterocycles. The third-order valence-corrected chi connectivity index (χ3v) is 4.66. The molecule has 1 aromatic carbocycles. The summed E-state index contributed by atoms with van der Waals surface area (Å²) in [4.78, 5) is 29.0. The SMILES string of the molecule is CCCCN(C)C(=O)CN1C(=O)CCSc2ccccc21. The van der Waals surface area contributed by atoms with Crippen molar-refractivity contribution >= 4 is 29.3 Å². The molecule has 0 aromatic heterocycles. The van der Waals surface area contributed by atoms with Crippen molar-refractivity contribution < 1.29 is 9.59 Å². The van der Waals surface area contributed by atoms with E-state index < -0.39 is 0 Å². The zero-order valence-corrected chi connectivity index (χ0v) is 13.5. The van der Waals surface area contributed by atoms with Crippen molar-refractivity contribution in [2.75, 3.05) is 30.8 Å². The van der Waals surface area contributed by atoms with Crippen molar-refractivity contribution in [1.82, 2.24) is 4.90 Å². The van der Waals surface area contributed by atoms with Gasteiger partial charge in [0.2, 0.25) is 11.8 Å². The van der Waals surface area contributed by atoms with Gasteiger partial charge in [0, 0.05) is 30.7 Å². The van der Waals surface area contributed by atoms with Gasteiger partial charge in [0.1, 0.15) is 6.54 Å². The number of thioether (sulfide) groups is 1. The standard InChI is InChI=1S/C16H22N2O2S/c1-3-4-10-17(2)16(20)12-18-13-7-5-6-8-14(13)21-11-9-15(18)19/h5-8H,3-4,9-12H2,1-2H3. The molecule has 21 heavy (non-hydrogen) atoms. The van der Waals surface area contributed by atoms with Crippen LogP contribution < -0.4 is 4.90 Å². The lowest BCUT2D eigenvalue weighted by atomic mass is 10.2. The lowest BCUT2D eigenvalue weighted by Gasteiger charge is -2.25. The number of para-hydroxylation sites is 1. The number of benzene rings is 1. The Bertz CT molecular complexity index is 519. The van der Waals surface area contributed by atoms with E-state index in [1.807, 2.05) is 24.3 Å². The van der Waals surface area contributed by atoms with E-state index in [2.05, 4.69) is 6.92 Å². The highest BCUT2D eigenvalue weighted by atomic mass is 32.2. The molecule has 0 fully saturated rings.